The van der Waals surface area contributed by atoms with Crippen molar-refractivity contribution in [2.75, 3.05) is 20.2 Å². The number of aromatic nitrogens is 1. The molecule has 222 valence electrons. The Morgan fingerprint density at radius 3 is 2.39 bits per heavy atom. The Balaban J connectivity index is 1.84. The number of carbonyl (C=O) groups excluding carboxylic acids is 2. The maximum absolute atomic E-state index is 13.8. The molecule has 0 radical (unpaired) electrons. The molecule has 9 heteroatoms. The van der Waals surface area contributed by atoms with E-state index in [0.29, 0.717) is 25.9 Å². The predicted molar refractivity (Wildman–Crippen MR) is 154 cm³/mol. The predicted octanol–water partition coefficient (Wildman–Crippen LogP) is 6.88. The third-order valence-corrected chi connectivity index (χ3v) is 7.21. The molecule has 0 aliphatic carbocycles. The second kappa shape index (κ2) is 14.2. The van der Waals surface area contributed by atoms with Crippen molar-refractivity contribution < 1.29 is 27.5 Å². The molecule has 0 aliphatic heterocycles. The molecule has 0 spiro atoms. The molecule has 1 unspecified atom stereocenters. The van der Waals surface area contributed by atoms with E-state index in [1.165, 1.54) is 17.0 Å². The third kappa shape index (κ3) is 8.87. The van der Waals surface area contributed by atoms with Crippen molar-refractivity contribution in [1.82, 2.24) is 14.4 Å². The van der Waals surface area contributed by atoms with Gasteiger partial charge in [-0.15, -0.1) is 0 Å². The number of benzene rings is 2. The van der Waals surface area contributed by atoms with Gasteiger partial charge in [-0.3, -0.25) is 9.59 Å². The molecule has 3 rings (SSSR count). The number of amides is 2. The fraction of sp³-hybridized carbons (Fsp3) is 0.438. The van der Waals surface area contributed by atoms with Crippen LogP contribution in [0.5, 0.6) is 5.75 Å². The van der Waals surface area contributed by atoms with Crippen LogP contribution in [0.2, 0.25) is 0 Å². The molecule has 1 heterocycles. The van der Waals surface area contributed by atoms with Gasteiger partial charge in [0.15, 0.2) is 0 Å². The van der Waals surface area contributed by atoms with Crippen LogP contribution in [0.15, 0.2) is 66.9 Å². The van der Waals surface area contributed by atoms with Crippen LogP contribution in [0.25, 0.3) is 0 Å². The SMILES string of the molecule is CCC(C)N(Cc1cccn1Cc1cccc(OC)c1)C(=O)CN(CCC(C)C)C(=O)c1cccc(C(F)(F)F)c1. The van der Waals surface area contributed by atoms with Crippen molar-refractivity contribution in [3.8, 4) is 5.75 Å². The van der Waals surface area contributed by atoms with Gasteiger partial charge in [0.2, 0.25) is 5.91 Å². The number of hydrogen-bond donors (Lipinski definition) is 0. The Kier molecular flexibility index (Phi) is 11.0. The number of halogens is 3. The van der Waals surface area contributed by atoms with Gasteiger partial charge >= 0.3 is 6.18 Å². The molecule has 2 aromatic carbocycles. The van der Waals surface area contributed by atoms with Gasteiger partial charge in [-0.1, -0.05) is 39.0 Å². The van der Waals surface area contributed by atoms with E-state index in [2.05, 4.69) is 4.57 Å². The third-order valence-electron chi connectivity index (χ3n) is 7.21. The summed E-state index contributed by atoms with van der Waals surface area (Å²) in [5.41, 5.74) is 1.00. The van der Waals surface area contributed by atoms with Crippen LogP contribution >= 0.6 is 0 Å². The van der Waals surface area contributed by atoms with E-state index in [1.807, 2.05) is 70.3 Å². The summed E-state index contributed by atoms with van der Waals surface area (Å²) in [5, 5.41) is 0. The molecular weight excluding hydrogens is 531 g/mol. The highest BCUT2D eigenvalue weighted by molar-refractivity contribution is 5.96. The van der Waals surface area contributed by atoms with Crippen LogP contribution in [-0.2, 0) is 24.1 Å². The Bertz CT molecular complexity index is 1300. The first kappa shape index (κ1) is 31.8. The van der Waals surface area contributed by atoms with Crippen LogP contribution < -0.4 is 4.74 Å². The molecule has 0 aliphatic rings. The fourth-order valence-corrected chi connectivity index (χ4v) is 4.53. The van der Waals surface area contributed by atoms with Gasteiger partial charge < -0.3 is 19.1 Å². The first-order chi connectivity index (χ1) is 19.4. The molecule has 1 atom stereocenters. The zero-order chi connectivity index (χ0) is 30.2. The smallest absolute Gasteiger partial charge is 0.416 e. The second-order valence-electron chi connectivity index (χ2n) is 10.7. The average Bonchev–Trinajstić information content (AvgIpc) is 3.38. The monoisotopic (exact) mass is 571 g/mol. The lowest BCUT2D eigenvalue weighted by atomic mass is 10.1. The van der Waals surface area contributed by atoms with Crippen LogP contribution in [0.1, 0.15) is 67.7 Å². The Morgan fingerprint density at radius 1 is 1.00 bits per heavy atom. The molecule has 0 saturated carbocycles. The Hall–Kier alpha value is -3.75. The highest BCUT2D eigenvalue weighted by Crippen LogP contribution is 2.30. The van der Waals surface area contributed by atoms with Crippen molar-refractivity contribution in [3.05, 3.63) is 89.2 Å². The second-order valence-corrected chi connectivity index (χ2v) is 10.7. The molecular formula is C32H40F3N3O3. The van der Waals surface area contributed by atoms with E-state index in [0.717, 1.165) is 29.1 Å². The van der Waals surface area contributed by atoms with Crippen LogP contribution in [0.4, 0.5) is 13.2 Å². The summed E-state index contributed by atoms with van der Waals surface area (Å²) in [5.74, 6) is 0.167. The van der Waals surface area contributed by atoms with Crippen LogP contribution in [-0.4, -0.2) is 52.4 Å². The van der Waals surface area contributed by atoms with Gasteiger partial charge in [0.05, 0.1) is 19.2 Å². The summed E-state index contributed by atoms with van der Waals surface area (Å²) < 4.78 is 47.4. The number of rotatable bonds is 13. The van der Waals surface area contributed by atoms with Crippen molar-refractivity contribution in [1.29, 1.82) is 0 Å². The number of ether oxygens (including phenoxy) is 1. The molecule has 0 fully saturated rings. The summed E-state index contributed by atoms with van der Waals surface area (Å²) in [6.45, 7) is 8.91. The van der Waals surface area contributed by atoms with Crippen LogP contribution in [0, 0.1) is 5.92 Å². The quantitative estimate of drug-likeness (QED) is 0.225. The van der Waals surface area contributed by atoms with Gasteiger partial charge in [-0.2, -0.15) is 13.2 Å². The van der Waals surface area contributed by atoms with Gasteiger partial charge in [-0.25, -0.2) is 0 Å². The minimum atomic E-state index is -4.57. The summed E-state index contributed by atoms with van der Waals surface area (Å²) >= 11 is 0. The lowest BCUT2D eigenvalue weighted by Crippen LogP contribution is -2.46. The van der Waals surface area contributed by atoms with Crippen molar-refractivity contribution in [3.63, 3.8) is 0 Å². The van der Waals surface area contributed by atoms with Crippen LogP contribution in [0.3, 0.4) is 0 Å². The van der Waals surface area contributed by atoms with Gasteiger partial charge in [-0.05, 0) is 73.7 Å². The Labute approximate surface area is 240 Å². The Morgan fingerprint density at radius 2 is 1.73 bits per heavy atom. The van der Waals surface area contributed by atoms with Crippen molar-refractivity contribution in [2.24, 2.45) is 5.92 Å². The largest absolute Gasteiger partial charge is 0.497 e. The number of carbonyl (C=O) groups is 2. The molecule has 2 amide bonds. The first-order valence-corrected chi connectivity index (χ1v) is 14.0. The van der Waals surface area contributed by atoms with Crippen molar-refractivity contribution in [2.45, 2.75) is 65.8 Å². The normalized spacial score (nSPS) is 12.3. The maximum atomic E-state index is 13.8. The highest BCUT2D eigenvalue weighted by Gasteiger charge is 2.32. The molecule has 1 aromatic heterocycles. The lowest BCUT2D eigenvalue weighted by Gasteiger charge is -2.32. The average molecular weight is 572 g/mol. The minimum Gasteiger partial charge on any atom is -0.497 e. The summed E-state index contributed by atoms with van der Waals surface area (Å²) in [6.07, 6.45) is -1.29. The summed E-state index contributed by atoms with van der Waals surface area (Å²) in [7, 11) is 1.62. The molecule has 3 aromatic rings. The zero-order valence-corrected chi connectivity index (χ0v) is 24.4. The van der Waals surface area contributed by atoms with E-state index in [4.69, 9.17) is 4.74 Å². The summed E-state index contributed by atoms with van der Waals surface area (Å²) in [4.78, 5) is 30.3. The molecule has 0 saturated heterocycles. The van der Waals surface area contributed by atoms with E-state index < -0.39 is 17.6 Å². The van der Waals surface area contributed by atoms with E-state index in [-0.39, 0.29) is 36.5 Å². The van der Waals surface area contributed by atoms with E-state index in [1.54, 1.807) is 12.0 Å². The maximum Gasteiger partial charge on any atom is 0.416 e. The lowest BCUT2D eigenvalue weighted by molar-refractivity contribution is -0.137. The standard InChI is InChI=1S/C32H40F3N3O3/c1-6-24(4)38(21-28-13-9-16-36(28)20-25-10-7-14-29(18-25)41-5)30(39)22-37(17-15-23(2)3)31(40)26-11-8-12-27(19-26)32(33,34)35/h7-14,16,18-19,23-24H,6,15,17,20-22H2,1-5H3. The van der Waals surface area contributed by atoms with E-state index >= 15 is 0 Å². The van der Waals surface area contributed by atoms with Gasteiger partial charge in [0.25, 0.3) is 5.91 Å². The molecule has 0 N–H and O–H groups in total. The topological polar surface area (TPSA) is 54.8 Å². The highest BCUT2D eigenvalue weighted by atomic mass is 19.4. The molecule has 41 heavy (non-hydrogen) atoms. The fourth-order valence-electron chi connectivity index (χ4n) is 4.53. The molecule has 6 nitrogen and oxygen atoms in total. The number of nitrogens with zero attached hydrogens (tertiary/aromatic N) is 3. The van der Waals surface area contributed by atoms with Crippen molar-refractivity contribution >= 4 is 11.8 Å². The van der Waals surface area contributed by atoms with Gasteiger partial charge in [0, 0.05) is 36.6 Å². The minimum absolute atomic E-state index is 0.0846. The molecule has 0 bridgehead atoms. The number of alkyl halides is 3. The summed E-state index contributed by atoms with van der Waals surface area (Å²) in [6, 6.07) is 16.0. The zero-order valence-electron chi connectivity index (χ0n) is 24.4. The number of methoxy groups -OCH3 is 1. The van der Waals surface area contributed by atoms with Gasteiger partial charge in [0.1, 0.15) is 12.3 Å². The van der Waals surface area contributed by atoms with E-state index in [9.17, 15) is 22.8 Å². The first-order valence-electron chi connectivity index (χ1n) is 14.0. The number of hydrogen-bond acceptors (Lipinski definition) is 3.